The number of rotatable bonds is 7. The highest BCUT2D eigenvalue weighted by atomic mass is 19.1. The maximum absolute atomic E-state index is 13.4. The van der Waals surface area contributed by atoms with Crippen LogP contribution in [-0.4, -0.2) is 31.3 Å². The summed E-state index contributed by atoms with van der Waals surface area (Å²) in [6.45, 7) is 1.86. The van der Waals surface area contributed by atoms with E-state index in [9.17, 15) is 13.6 Å². The van der Waals surface area contributed by atoms with Crippen LogP contribution in [0.5, 0.6) is 5.75 Å². The van der Waals surface area contributed by atoms with Crippen molar-refractivity contribution in [2.24, 2.45) is 0 Å². The van der Waals surface area contributed by atoms with Gasteiger partial charge in [0.05, 0.1) is 13.7 Å². The zero-order valence-corrected chi connectivity index (χ0v) is 12.1. The molecule has 1 unspecified atom stereocenters. The lowest BCUT2D eigenvalue weighted by Crippen LogP contribution is -2.52. The molecule has 1 N–H and O–H groups in total. The number of hydrogen-bond donors (Lipinski definition) is 1. The molecule has 6 heteroatoms. The normalized spacial score (nSPS) is 17.1. The highest BCUT2D eigenvalue weighted by Gasteiger charge is 2.39. The van der Waals surface area contributed by atoms with E-state index in [0.29, 0.717) is 12.5 Å². The largest absolute Gasteiger partial charge is 0.490 e. The molecule has 1 aliphatic carbocycles. The molecule has 0 amide bonds. The predicted molar refractivity (Wildman–Crippen MR) is 73.0 cm³/mol. The molecule has 1 aliphatic rings. The monoisotopic (exact) mass is 299 g/mol. The van der Waals surface area contributed by atoms with Crippen LogP contribution in [0.2, 0.25) is 0 Å². The van der Waals surface area contributed by atoms with Crippen molar-refractivity contribution in [2.45, 2.75) is 37.8 Å². The lowest BCUT2D eigenvalue weighted by Gasteiger charge is -2.28. The summed E-state index contributed by atoms with van der Waals surface area (Å²) < 4.78 is 36.3. The van der Waals surface area contributed by atoms with Crippen LogP contribution < -0.4 is 10.1 Å². The van der Waals surface area contributed by atoms with Crippen LogP contribution in [0.3, 0.4) is 0 Å². The van der Waals surface area contributed by atoms with Crippen molar-refractivity contribution in [1.82, 2.24) is 5.32 Å². The Hall–Kier alpha value is -1.69. The second-order valence-corrected chi connectivity index (χ2v) is 5.42. The fraction of sp³-hybridized carbons (Fsp3) is 0.533. The topological polar surface area (TPSA) is 47.6 Å². The number of esters is 1. The molecule has 1 aromatic rings. The van der Waals surface area contributed by atoms with E-state index in [1.54, 1.807) is 6.92 Å². The minimum absolute atomic E-state index is 0.0324. The average molecular weight is 299 g/mol. The van der Waals surface area contributed by atoms with Crippen LogP contribution in [0.1, 0.15) is 26.2 Å². The molecule has 116 valence electrons. The molecule has 0 aromatic heterocycles. The second-order valence-electron chi connectivity index (χ2n) is 5.42. The van der Waals surface area contributed by atoms with Crippen LogP contribution >= 0.6 is 0 Å². The Labute approximate surface area is 122 Å². The minimum Gasteiger partial charge on any atom is -0.490 e. The van der Waals surface area contributed by atoms with Gasteiger partial charge in [-0.05, 0) is 31.9 Å². The molecule has 0 heterocycles. The molecule has 0 radical (unpaired) electrons. The molecular weight excluding hydrogens is 280 g/mol. The SMILES string of the molecule is COC(=O)C(C)(CCOc1ccc(F)cc1F)NC1CC1. The first-order chi connectivity index (χ1) is 9.94. The maximum atomic E-state index is 13.4. The Kier molecular flexibility index (Phi) is 4.77. The van der Waals surface area contributed by atoms with Crippen molar-refractivity contribution in [2.75, 3.05) is 13.7 Å². The van der Waals surface area contributed by atoms with Gasteiger partial charge in [0.25, 0.3) is 0 Å². The number of ether oxygens (including phenoxy) is 2. The number of hydrogen-bond acceptors (Lipinski definition) is 4. The Morgan fingerprint density at radius 2 is 2.14 bits per heavy atom. The summed E-state index contributed by atoms with van der Waals surface area (Å²) >= 11 is 0. The van der Waals surface area contributed by atoms with Gasteiger partial charge in [-0.1, -0.05) is 0 Å². The molecule has 1 fully saturated rings. The van der Waals surface area contributed by atoms with E-state index in [1.165, 1.54) is 13.2 Å². The van der Waals surface area contributed by atoms with Gasteiger partial charge < -0.3 is 9.47 Å². The molecule has 1 saturated carbocycles. The molecule has 0 bridgehead atoms. The predicted octanol–water partition coefficient (Wildman–Crippen LogP) is 2.42. The van der Waals surface area contributed by atoms with Crippen LogP contribution in [0.25, 0.3) is 0 Å². The Balaban J connectivity index is 1.93. The van der Waals surface area contributed by atoms with Gasteiger partial charge in [0.1, 0.15) is 11.4 Å². The highest BCUT2D eigenvalue weighted by molar-refractivity contribution is 5.80. The quantitative estimate of drug-likeness (QED) is 0.786. The smallest absolute Gasteiger partial charge is 0.325 e. The number of nitrogens with one attached hydrogen (secondary N) is 1. The van der Waals surface area contributed by atoms with Gasteiger partial charge in [-0.2, -0.15) is 0 Å². The molecule has 2 rings (SSSR count). The molecule has 1 atom stereocenters. The first-order valence-electron chi connectivity index (χ1n) is 6.88. The number of methoxy groups -OCH3 is 1. The Morgan fingerprint density at radius 3 is 2.71 bits per heavy atom. The van der Waals surface area contributed by atoms with Crippen molar-refractivity contribution in [3.8, 4) is 5.75 Å². The van der Waals surface area contributed by atoms with Crippen LogP contribution in [0.15, 0.2) is 18.2 Å². The summed E-state index contributed by atoms with van der Waals surface area (Å²) in [5.41, 5.74) is -0.869. The molecular formula is C15H19F2NO3. The number of carbonyl (C=O) groups is 1. The standard InChI is InChI=1S/C15H19F2NO3/c1-15(14(19)20-2,18-11-4-5-11)7-8-21-13-6-3-10(16)9-12(13)17/h3,6,9,11,18H,4-5,7-8H2,1-2H3. The summed E-state index contributed by atoms with van der Waals surface area (Å²) in [6, 6.07) is 3.43. The Morgan fingerprint density at radius 1 is 1.43 bits per heavy atom. The van der Waals surface area contributed by atoms with E-state index in [2.05, 4.69) is 5.32 Å². The van der Waals surface area contributed by atoms with Gasteiger partial charge in [-0.3, -0.25) is 10.1 Å². The highest BCUT2D eigenvalue weighted by Crippen LogP contribution is 2.25. The fourth-order valence-electron chi connectivity index (χ4n) is 2.09. The average Bonchev–Trinajstić information content (AvgIpc) is 3.24. The van der Waals surface area contributed by atoms with Crippen molar-refractivity contribution >= 4 is 5.97 Å². The van der Waals surface area contributed by atoms with Crippen molar-refractivity contribution in [1.29, 1.82) is 0 Å². The molecule has 0 aliphatic heterocycles. The zero-order valence-electron chi connectivity index (χ0n) is 12.1. The van der Waals surface area contributed by atoms with E-state index in [0.717, 1.165) is 25.0 Å². The van der Waals surface area contributed by atoms with Crippen LogP contribution in [0.4, 0.5) is 8.78 Å². The first kappa shape index (κ1) is 15.7. The van der Waals surface area contributed by atoms with Crippen LogP contribution in [-0.2, 0) is 9.53 Å². The maximum Gasteiger partial charge on any atom is 0.325 e. The zero-order chi connectivity index (χ0) is 15.5. The minimum atomic E-state index is -0.869. The van der Waals surface area contributed by atoms with Crippen molar-refractivity contribution < 1.29 is 23.0 Å². The van der Waals surface area contributed by atoms with Gasteiger partial charge in [0.15, 0.2) is 11.6 Å². The van der Waals surface area contributed by atoms with Gasteiger partial charge in [0.2, 0.25) is 0 Å². The second kappa shape index (κ2) is 6.39. The molecule has 4 nitrogen and oxygen atoms in total. The molecule has 1 aromatic carbocycles. The first-order valence-corrected chi connectivity index (χ1v) is 6.88. The number of benzene rings is 1. The fourth-order valence-corrected chi connectivity index (χ4v) is 2.09. The summed E-state index contributed by atoms with van der Waals surface area (Å²) in [4.78, 5) is 11.9. The van der Waals surface area contributed by atoms with E-state index < -0.39 is 17.2 Å². The lowest BCUT2D eigenvalue weighted by molar-refractivity contribution is -0.148. The van der Waals surface area contributed by atoms with Crippen molar-refractivity contribution in [3.63, 3.8) is 0 Å². The third kappa shape index (κ3) is 4.14. The lowest BCUT2D eigenvalue weighted by atomic mass is 9.98. The Bertz CT molecular complexity index is 520. The molecule has 21 heavy (non-hydrogen) atoms. The van der Waals surface area contributed by atoms with Gasteiger partial charge in [-0.15, -0.1) is 0 Å². The van der Waals surface area contributed by atoms with Gasteiger partial charge in [-0.25, -0.2) is 8.78 Å². The van der Waals surface area contributed by atoms with E-state index in [4.69, 9.17) is 9.47 Å². The van der Waals surface area contributed by atoms with Crippen molar-refractivity contribution in [3.05, 3.63) is 29.8 Å². The summed E-state index contributed by atoms with van der Waals surface area (Å²) in [7, 11) is 1.33. The third-order valence-electron chi connectivity index (χ3n) is 3.49. The summed E-state index contributed by atoms with van der Waals surface area (Å²) in [6.07, 6.45) is 2.38. The van der Waals surface area contributed by atoms with Crippen LogP contribution in [0, 0.1) is 11.6 Å². The third-order valence-corrected chi connectivity index (χ3v) is 3.49. The summed E-state index contributed by atoms with van der Waals surface area (Å²) in [5, 5.41) is 3.22. The van der Waals surface area contributed by atoms with Gasteiger partial charge in [0, 0.05) is 18.5 Å². The summed E-state index contributed by atoms with van der Waals surface area (Å²) in [5.74, 6) is -1.83. The molecule has 0 saturated heterocycles. The van der Waals surface area contributed by atoms with E-state index in [1.807, 2.05) is 0 Å². The van der Waals surface area contributed by atoms with E-state index in [-0.39, 0.29) is 18.3 Å². The number of carbonyl (C=O) groups excluding carboxylic acids is 1. The van der Waals surface area contributed by atoms with E-state index >= 15 is 0 Å². The molecule has 0 spiro atoms. The van der Waals surface area contributed by atoms with Gasteiger partial charge >= 0.3 is 5.97 Å². The number of halogens is 2.